The van der Waals surface area contributed by atoms with Crippen LogP contribution in [0.25, 0.3) is 0 Å². The highest BCUT2D eigenvalue weighted by Crippen LogP contribution is 2.26. The van der Waals surface area contributed by atoms with Crippen LogP contribution in [0.5, 0.6) is 0 Å². The van der Waals surface area contributed by atoms with Crippen LogP contribution in [0.1, 0.15) is 41.8 Å². The number of ether oxygens (including phenoxy) is 1. The van der Waals surface area contributed by atoms with Gasteiger partial charge in [-0.3, -0.25) is 0 Å². The predicted molar refractivity (Wildman–Crippen MR) is 84.1 cm³/mol. The summed E-state index contributed by atoms with van der Waals surface area (Å²) >= 11 is 1.69. The molecule has 0 amide bonds. The van der Waals surface area contributed by atoms with Gasteiger partial charge in [-0.2, -0.15) is 0 Å². The molecule has 0 saturated carbocycles. The van der Waals surface area contributed by atoms with Gasteiger partial charge < -0.3 is 10.1 Å². The van der Waals surface area contributed by atoms with Crippen molar-refractivity contribution in [3.8, 4) is 0 Å². The number of rotatable bonds is 7. The van der Waals surface area contributed by atoms with Crippen molar-refractivity contribution in [2.45, 2.75) is 31.9 Å². The van der Waals surface area contributed by atoms with E-state index in [4.69, 9.17) is 9.72 Å². The van der Waals surface area contributed by atoms with Crippen molar-refractivity contribution < 1.29 is 4.74 Å². The van der Waals surface area contributed by atoms with Crippen LogP contribution in [-0.4, -0.2) is 19.1 Å². The summed E-state index contributed by atoms with van der Waals surface area (Å²) in [6.45, 7) is 2.12. The Morgan fingerprint density at radius 1 is 1.30 bits per heavy atom. The van der Waals surface area contributed by atoms with E-state index >= 15 is 0 Å². The first kappa shape index (κ1) is 15.2. The molecule has 2 aromatic rings. The van der Waals surface area contributed by atoms with E-state index in [0.29, 0.717) is 6.04 Å². The fourth-order valence-electron chi connectivity index (χ4n) is 2.29. The number of thiazole rings is 1. The predicted octanol–water partition coefficient (Wildman–Crippen LogP) is 3.74. The van der Waals surface area contributed by atoms with E-state index in [1.54, 1.807) is 18.4 Å². The number of hydrogen-bond donors (Lipinski definition) is 1. The Morgan fingerprint density at radius 2 is 2.05 bits per heavy atom. The van der Waals surface area contributed by atoms with Gasteiger partial charge in [0.2, 0.25) is 0 Å². The summed E-state index contributed by atoms with van der Waals surface area (Å²) in [5.41, 5.74) is 2.42. The molecule has 1 aromatic carbocycles. The van der Waals surface area contributed by atoms with Gasteiger partial charge in [-0.15, -0.1) is 11.3 Å². The molecule has 0 radical (unpaired) electrons. The largest absolute Gasteiger partial charge is 0.374 e. The van der Waals surface area contributed by atoms with E-state index in [1.165, 1.54) is 5.56 Å². The fraction of sp³-hybridized carbons (Fsp3) is 0.438. The summed E-state index contributed by atoms with van der Waals surface area (Å²) in [4.78, 5) is 4.72. The van der Waals surface area contributed by atoms with Crippen molar-refractivity contribution in [1.82, 2.24) is 10.3 Å². The number of hydrogen-bond acceptors (Lipinski definition) is 4. The third-order valence-corrected chi connectivity index (χ3v) is 4.45. The van der Waals surface area contributed by atoms with Crippen LogP contribution in [0.4, 0.5) is 0 Å². The van der Waals surface area contributed by atoms with Crippen LogP contribution < -0.4 is 5.32 Å². The minimum absolute atomic E-state index is 0.124. The Morgan fingerprint density at radius 3 is 2.65 bits per heavy atom. The minimum atomic E-state index is 0.124. The zero-order chi connectivity index (χ0) is 14.4. The van der Waals surface area contributed by atoms with Gasteiger partial charge in [-0.25, -0.2) is 4.98 Å². The van der Waals surface area contributed by atoms with E-state index < -0.39 is 0 Å². The highest BCUT2D eigenvalue weighted by atomic mass is 32.1. The SMILES string of the molecule is CCC(OC)c1nc(CC(NC)c2ccccc2)cs1. The normalized spacial score (nSPS) is 14.2. The summed E-state index contributed by atoms with van der Waals surface area (Å²) < 4.78 is 5.45. The van der Waals surface area contributed by atoms with Crippen molar-refractivity contribution in [3.63, 3.8) is 0 Å². The molecule has 3 nitrogen and oxygen atoms in total. The Balaban J connectivity index is 2.09. The molecule has 0 aliphatic carbocycles. The number of methoxy groups -OCH3 is 1. The van der Waals surface area contributed by atoms with Crippen LogP contribution in [0.15, 0.2) is 35.7 Å². The van der Waals surface area contributed by atoms with Gasteiger partial charge in [0.25, 0.3) is 0 Å². The zero-order valence-corrected chi connectivity index (χ0v) is 13.1. The van der Waals surface area contributed by atoms with Crippen molar-refractivity contribution in [3.05, 3.63) is 52.0 Å². The highest BCUT2D eigenvalue weighted by Gasteiger charge is 2.15. The van der Waals surface area contributed by atoms with Crippen LogP contribution in [0.2, 0.25) is 0 Å². The number of aromatic nitrogens is 1. The first-order valence-electron chi connectivity index (χ1n) is 6.97. The van der Waals surface area contributed by atoms with E-state index in [2.05, 4.69) is 41.9 Å². The topological polar surface area (TPSA) is 34.1 Å². The van der Waals surface area contributed by atoms with Crippen molar-refractivity contribution in [1.29, 1.82) is 0 Å². The molecule has 4 heteroatoms. The van der Waals surface area contributed by atoms with Gasteiger partial charge in [-0.05, 0) is 19.0 Å². The fourth-order valence-corrected chi connectivity index (χ4v) is 3.28. The molecule has 2 rings (SSSR count). The second-order valence-electron chi connectivity index (χ2n) is 4.77. The molecule has 1 heterocycles. The lowest BCUT2D eigenvalue weighted by Gasteiger charge is -2.15. The first-order chi connectivity index (χ1) is 9.78. The first-order valence-corrected chi connectivity index (χ1v) is 7.85. The number of nitrogens with zero attached hydrogens (tertiary/aromatic N) is 1. The molecule has 0 aliphatic heterocycles. The maximum Gasteiger partial charge on any atom is 0.122 e. The lowest BCUT2D eigenvalue weighted by atomic mass is 10.0. The van der Waals surface area contributed by atoms with Crippen LogP contribution >= 0.6 is 11.3 Å². The van der Waals surface area contributed by atoms with Crippen molar-refractivity contribution in [2.75, 3.05) is 14.2 Å². The van der Waals surface area contributed by atoms with Gasteiger partial charge in [0.1, 0.15) is 11.1 Å². The number of likely N-dealkylation sites (N-methyl/N-ethyl adjacent to an activating group) is 1. The van der Waals surface area contributed by atoms with Crippen LogP contribution in [0.3, 0.4) is 0 Å². The molecule has 20 heavy (non-hydrogen) atoms. The average Bonchev–Trinajstić information content (AvgIpc) is 2.95. The Hall–Kier alpha value is -1.23. The monoisotopic (exact) mass is 290 g/mol. The van der Waals surface area contributed by atoms with Crippen molar-refractivity contribution in [2.24, 2.45) is 0 Å². The summed E-state index contributed by atoms with van der Waals surface area (Å²) in [6.07, 6.45) is 1.98. The molecule has 0 spiro atoms. The maximum atomic E-state index is 5.45. The molecule has 0 saturated heterocycles. The standard InChI is InChI=1S/C16H22N2OS/c1-4-15(19-3)16-18-13(11-20-16)10-14(17-2)12-8-6-5-7-9-12/h5-9,11,14-15,17H,4,10H2,1-3H3. The maximum absolute atomic E-state index is 5.45. The summed E-state index contributed by atoms with van der Waals surface area (Å²) in [5.74, 6) is 0. The highest BCUT2D eigenvalue weighted by molar-refractivity contribution is 7.09. The summed E-state index contributed by atoms with van der Waals surface area (Å²) in [7, 11) is 3.74. The molecule has 2 atom stereocenters. The van der Waals surface area contributed by atoms with E-state index in [0.717, 1.165) is 23.5 Å². The smallest absolute Gasteiger partial charge is 0.122 e. The van der Waals surface area contributed by atoms with Crippen LogP contribution in [0, 0.1) is 0 Å². The third kappa shape index (κ3) is 3.66. The third-order valence-electron chi connectivity index (χ3n) is 3.46. The van der Waals surface area contributed by atoms with Crippen LogP contribution in [-0.2, 0) is 11.2 Å². The number of benzene rings is 1. The second kappa shape index (κ2) is 7.53. The molecule has 0 fully saturated rings. The Kier molecular flexibility index (Phi) is 5.71. The molecule has 1 aromatic heterocycles. The Bertz CT molecular complexity index is 508. The van der Waals surface area contributed by atoms with E-state index in [-0.39, 0.29) is 6.10 Å². The summed E-state index contributed by atoms with van der Waals surface area (Å²) in [5, 5.41) is 6.59. The van der Waals surface area contributed by atoms with E-state index in [1.807, 2.05) is 13.1 Å². The minimum Gasteiger partial charge on any atom is -0.374 e. The summed E-state index contributed by atoms with van der Waals surface area (Å²) in [6, 6.07) is 10.8. The molecule has 108 valence electrons. The van der Waals surface area contributed by atoms with Gasteiger partial charge in [0.15, 0.2) is 0 Å². The van der Waals surface area contributed by atoms with Gasteiger partial charge in [0.05, 0.1) is 5.69 Å². The van der Waals surface area contributed by atoms with Gasteiger partial charge >= 0.3 is 0 Å². The lowest BCUT2D eigenvalue weighted by molar-refractivity contribution is 0.0996. The van der Waals surface area contributed by atoms with Crippen molar-refractivity contribution >= 4 is 11.3 Å². The van der Waals surface area contributed by atoms with E-state index in [9.17, 15) is 0 Å². The molecule has 1 N–H and O–H groups in total. The lowest BCUT2D eigenvalue weighted by Crippen LogP contribution is -2.19. The number of nitrogens with one attached hydrogen (secondary N) is 1. The molecule has 2 unspecified atom stereocenters. The zero-order valence-electron chi connectivity index (χ0n) is 12.3. The Labute approximate surface area is 125 Å². The van der Waals surface area contributed by atoms with Gasteiger partial charge in [-0.1, -0.05) is 37.3 Å². The second-order valence-corrected chi connectivity index (χ2v) is 5.66. The quantitative estimate of drug-likeness (QED) is 0.843. The molecular weight excluding hydrogens is 268 g/mol. The molecule has 0 bridgehead atoms. The molecular formula is C16H22N2OS. The molecule has 0 aliphatic rings. The van der Waals surface area contributed by atoms with Gasteiger partial charge in [0, 0.05) is 25.0 Å². The average molecular weight is 290 g/mol.